The zero-order valence-electron chi connectivity index (χ0n) is 29.9. The molecule has 1 aliphatic rings. The van der Waals surface area contributed by atoms with Crippen LogP contribution in [-0.2, 0) is 5.41 Å². The number of hydrogen-bond donors (Lipinski definition) is 0. The van der Waals surface area contributed by atoms with Crippen molar-refractivity contribution in [2.75, 3.05) is 0 Å². The molecule has 10 rings (SSSR count). The molecule has 9 aromatic rings. The Morgan fingerprint density at radius 3 is 1.33 bits per heavy atom. The van der Waals surface area contributed by atoms with Crippen LogP contribution in [0.5, 0.6) is 0 Å². The summed E-state index contributed by atoms with van der Waals surface area (Å²) in [6.45, 7) is 0. The molecule has 0 unspecified atom stereocenters. The van der Waals surface area contributed by atoms with E-state index >= 15 is 0 Å². The number of aromatic nitrogens is 4. The lowest BCUT2D eigenvalue weighted by molar-refractivity contribution is 0.769. The van der Waals surface area contributed by atoms with Crippen molar-refractivity contribution in [1.82, 2.24) is 19.9 Å². The molecule has 0 atom stereocenters. The summed E-state index contributed by atoms with van der Waals surface area (Å²) < 4.78 is 0. The highest BCUT2D eigenvalue weighted by molar-refractivity contribution is 5.90. The van der Waals surface area contributed by atoms with E-state index in [-0.39, 0.29) is 0 Å². The van der Waals surface area contributed by atoms with Gasteiger partial charge in [0.05, 0.1) is 5.41 Å². The molecule has 0 fully saturated rings. The van der Waals surface area contributed by atoms with Gasteiger partial charge >= 0.3 is 0 Å². The summed E-state index contributed by atoms with van der Waals surface area (Å²) in [7, 11) is 0. The van der Waals surface area contributed by atoms with Crippen LogP contribution in [0, 0.1) is 0 Å². The predicted molar refractivity (Wildman–Crippen MR) is 222 cm³/mol. The minimum atomic E-state index is -0.608. The number of hydrogen-bond acceptors (Lipinski definition) is 4. The van der Waals surface area contributed by atoms with E-state index in [9.17, 15) is 0 Å². The number of pyridine rings is 1. The van der Waals surface area contributed by atoms with Crippen molar-refractivity contribution in [3.05, 3.63) is 229 Å². The highest BCUT2D eigenvalue weighted by Crippen LogP contribution is 2.57. The lowest BCUT2D eigenvalue weighted by atomic mass is 9.67. The molecule has 0 amide bonds. The van der Waals surface area contributed by atoms with Crippen LogP contribution in [0.2, 0.25) is 0 Å². The Hall–Kier alpha value is -7.30. The number of benzene rings is 7. The molecule has 0 radical (unpaired) electrons. The molecular weight excluding hydrogens is 669 g/mol. The van der Waals surface area contributed by atoms with Crippen molar-refractivity contribution in [2.24, 2.45) is 0 Å². The molecule has 4 nitrogen and oxygen atoms in total. The van der Waals surface area contributed by atoms with Crippen molar-refractivity contribution in [3.63, 3.8) is 0 Å². The van der Waals surface area contributed by atoms with Crippen LogP contribution in [-0.4, -0.2) is 19.9 Å². The lowest BCUT2D eigenvalue weighted by Gasteiger charge is -2.34. The molecular formula is C51H34N4. The summed E-state index contributed by atoms with van der Waals surface area (Å²) in [5, 5.41) is 0. The third kappa shape index (κ3) is 5.63. The molecule has 0 bridgehead atoms. The van der Waals surface area contributed by atoms with Gasteiger partial charge in [-0.05, 0) is 79.9 Å². The number of rotatable bonds is 7. The summed E-state index contributed by atoms with van der Waals surface area (Å²) in [5.74, 6) is 1.88. The van der Waals surface area contributed by atoms with Crippen LogP contribution in [0.1, 0.15) is 22.3 Å². The van der Waals surface area contributed by atoms with Gasteiger partial charge in [-0.1, -0.05) is 170 Å². The van der Waals surface area contributed by atoms with Gasteiger partial charge in [0.15, 0.2) is 17.5 Å². The topological polar surface area (TPSA) is 51.6 Å². The first-order chi connectivity index (χ1) is 27.3. The molecule has 2 aromatic heterocycles. The van der Waals surface area contributed by atoms with E-state index in [2.05, 4.69) is 169 Å². The van der Waals surface area contributed by atoms with E-state index < -0.39 is 5.41 Å². The van der Waals surface area contributed by atoms with E-state index in [0.29, 0.717) is 17.5 Å². The van der Waals surface area contributed by atoms with Crippen molar-refractivity contribution in [3.8, 4) is 67.5 Å². The van der Waals surface area contributed by atoms with Gasteiger partial charge in [0.25, 0.3) is 0 Å². The fourth-order valence-corrected chi connectivity index (χ4v) is 8.16. The van der Waals surface area contributed by atoms with Crippen LogP contribution in [0.25, 0.3) is 67.5 Å². The van der Waals surface area contributed by atoms with Crippen molar-refractivity contribution >= 4 is 0 Å². The first-order valence-corrected chi connectivity index (χ1v) is 18.5. The molecule has 0 saturated heterocycles. The molecule has 0 saturated carbocycles. The second kappa shape index (κ2) is 13.6. The molecule has 7 aromatic carbocycles. The second-order valence-corrected chi connectivity index (χ2v) is 13.9. The Labute approximate surface area is 320 Å². The highest BCUT2D eigenvalue weighted by Gasteiger charge is 2.46. The Morgan fingerprint density at radius 2 is 0.745 bits per heavy atom. The highest BCUT2D eigenvalue weighted by atomic mass is 15.0. The number of fused-ring (bicyclic) bond motifs is 3. The van der Waals surface area contributed by atoms with Gasteiger partial charge in [-0.25, -0.2) is 15.0 Å². The standard InChI is InChI=1S/C51H34N4/c1-5-15-35(16-6-1)37-19-13-20-39(31-37)49-53-48(36-17-7-2-8-18-36)54-50(55-49)40-27-29-45-44-28-26-38(41-21-14-30-52-34-41)32-46(44)51(47(45)33-40,42-22-9-3-10-23-42)43-24-11-4-12-25-43/h1-34H. The quantitative estimate of drug-likeness (QED) is 0.166. The molecule has 4 heteroatoms. The fourth-order valence-electron chi connectivity index (χ4n) is 8.16. The average Bonchev–Trinajstić information content (AvgIpc) is 3.57. The maximum absolute atomic E-state index is 5.23. The van der Waals surface area contributed by atoms with Gasteiger partial charge in [-0.15, -0.1) is 0 Å². The Morgan fingerprint density at radius 1 is 0.309 bits per heavy atom. The van der Waals surface area contributed by atoms with Crippen molar-refractivity contribution < 1.29 is 0 Å². The van der Waals surface area contributed by atoms with Crippen LogP contribution < -0.4 is 0 Å². The van der Waals surface area contributed by atoms with Gasteiger partial charge < -0.3 is 0 Å². The predicted octanol–water partition coefficient (Wildman–Crippen LogP) is 12.0. The fraction of sp³-hybridized carbons (Fsp3) is 0.0196. The maximum Gasteiger partial charge on any atom is 0.164 e. The maximum atomic E-state index is 5.23. The molecule has 55 heavy (non-hydrogen) atoms. The second-order valence-electron chi connectivity index (χ2n) is 13.9. The van der Waals surface area contributed by atoms with Crippen molar-refractivity contribution in [1.29, 1.82) is 0 Å². The summed E-state index contributed by atoms with van der Waals surface area (Å²) in [6.07, 6.45) is 3.76. The van der Waals surface area contributed by atoms with Gasteiger partial charge in [0, 0.05) is 29.1 Å². The minimum absolute atomic E-state index is 0.608. The smallest absolute Gasteiger partial charge is 0.164 e. The third-order valence-electron chi connectivity index (χ3n) is 10.7. The van der Waals surface area contributed by atoms with Crippen LogP contribution in [0.3, 0.4) is 0 Å². The van der Waals surface area contributed by atoms with E-state index in [1.54, 1.807) is 0 Å². The Balaban J connectivity index is 1.21. The van der Waals surface area contributed by atoms with Crippen LogP contribution in [0.4, 0.5) is 0 Å². The first kappa shape index (κ1) is 32.4. The van der Waals surface area contributed by atoms with E-state index in [1.165, 1.54) is 33.4 Å². The van der Waals surface area contributed by atoms with E-state index in [1.807, 2.05) is 42.7 Å². The van der Waals surface area contributed by atoms with Gasteiger partial charge in [-0.2, -0.15) is 0 Å². The molecule has 258 valence electrons. The molecule has 1 aliphatic carbocycles. The molecule has 2 heterocycles. The van der Waals surface area contributed by atoms with Gasteiger partial charge in [0.1, 0.15) is 0 Å². The molecule has 0 N–H and O–H groups in total. The normalized spacial score (nSPS) is 12.5. The number of nitrogens with zero attached hydrogens (tertiary/aromatic N) is 4. The monoisotopic (exact) mass is 702 g/mol. The lowest BCUT2D eigenvalue weighted by Crippen LogP contribution is -2.28. The summed E-state index contributed by atoms with van der Waals surface area (Å²) in [5.41, 5.74) is 13.9. The first-order valence-electron chi connectivity index (χ1n) is 18.5. The van der Waals surface area contributed by atoms with Gasteiger partial charge in [-0.3, -0.25) is 4.98 Å². The van der Waals surface area contributed by atoms with E-state index in [4.69, 9.17) is 15.0 Å². The Bertz CT molecular complexity index is 2750. The summed E-state index contributed by atoms with van der Waals surface area (Å²) >= 11 is 0. The third-order valence-corrected chi connectivity index (χ3v) is 10.7. The molecule has 0 spiro atoms. The summed E-state index contributed by atoms with van der Waals surface area (Å²) in [6, 6.07) is 68.5. The summed E-state index contributed by atoms with van der Waals surface area (Å²) in [4.78, 5) is 19.9. The van der Waals surface area contributed by atoms with E-state index in [0.717, 1.165) is 38.9 Å². The van der Waals surface area contributed by atoms with Crippen LogP contribution in [0.15, 0.2) is 207 Å². The zero-order chi connectivity index (χ0) is 36.6. The minimum Gasteiger partial charge on any atom is -0.264 e. The average molecular weight is 703 g/mol. The Kier molecular flexibility index (Phi) is 8.00. The zero-order valence-corrected chi connectivity index (χ0v) is 29.9. The molecule has 0 aliphatic heterocycles. The van der Waals surface area contributed by atoms with Gasteiger partial charge in [0.2, 0.25) is 0 Å². The SMILES string of the molecule is c1ccc(-c2cccc(-c3nc(-c4ccccc4)nc(-c4ccc5c(c4)C(c4ccccc4)(c4ccccc4)c4cc(-c6cccnc6)ccc4-5)n3)c2)cc1. The largest absolute Gasteiger partial charge is 0.264 e. The van der Waals surface area contributed by atoms with Crippen molar-refractivity contribution in [2.45, 2.75) is 5.41 Å². The van der Waals surface area contributed by atoms with Crippen LogP contribution >= 0.6 is 0 Å².